The first kappa shape index (κ1) is 15.9. The van der Waals surface area contributed by atoms with Gasteiger partial charge in [-0.3, -0.25) is 4.79 Å². The summed E-state index contributed by atoms with van der Waals surface area (Å²) in [5.74, 6) is 0.0242. The number of nitrogens with zero attached hydrogens (tertiary/aromatic N) is 3. The van der Waals surface area contributed by atoms with Crippen LogP contribution in [0.25, 0.3) is 0 Å². The number of likely N-dealkylation sites (N-methyl/N-ethyl adjacent to an activating group) is 1. The Labute approximate surface area is 120 Å². The van der Waals surface area contributed by atoms with Gasteiger partial charge in [-0.15, -0.1) is 0 Å². The fraction of sp³-hybridized carbons (Fsp3) is 0.571. The molecule has 1 amide bonds. The van der Waals surface area contributed by atoms with Crippen LogP contribution in [0.4, 0.5) is 0 Å². The van der Waals surface area contributed by atoms with E-state index in [1.165, 1.54) is 0 Å². The van der Waals surface area contributed by atoms with Crippen LogP contribution in [-0.2, 0) is 0 Å². The van der Waals surface area contributed by atoms with Gasteiger partial charge in [0.1, 0.15) is 5.15 Å². The summed E-state index contributed by atoms with van der Waals surface area (Å²) >= 11 is 5.91. The van der Waals surface area contributed by atoms with E-state index in [-0.39, 0.29) is 5.91 Å². The number of aryl methyl sites for hydroxylation is 1. The van der Waals surface area contributed by atoms with E-state index in [1.54, 1.807) is 12.1 Å². The number of hydrogen-bond acceptors (Lipinski definition) is 3. The number of carbonyl (C=O) groups excluding carboxylic acids is 1. The first-order valence-corrected chi connectivity index (χ1v) is 6.90. The minimum absolute atomic E-state index is 0.0242. The van der Waals surface area contributed by atoms with E-state index >= 15 is 0 Å². The maximum absolute atomic E-state index is 12.5. The summed E-state index contributed by atoms with van der Waals surface area (Å²) in [5, 5.41) is 0.368. The second-order valence-electron chi connectivity index (χ2n) is 4.92. The van der Waals surface area contributed by atoms with Gasteiger partial charge in [-0.05, 0) is 39.6 Å². The zero-order valence-corrected chi connectivity index (χ0v) is 12.9. The van der Waals surface area contributed by atoms with Gasteiger partial charge in [-0.2, -0.15) is 0 Å². The number of rotatable bonds is 6. The summed E-state index contributed by atoms with van der Waals surface area (Å²) in [6.07, 6.45) is 0.941. The minimum atomic E-state index is 0.0242. The van der Waals surface area contributed by atoms with Crippen LogP contribution in [0.5, 0.6) is 0 Å². The van der Waals surface area contributed by atoms with Gasteiger partial charge in [-0.25, -0.2) is 4.98 Å². The van der Waals surface area contributed by atoms with Crippen molar-refractivity contribution in [3.63, 3.8) is 0 Å². The highest BCUT2D eigenvalue weighted by atomic mass is 35.5. The summed E-state index contributed by atoms with van der Waals surface area (Å²) in [6, 6.07) is 3.42. The SMILES string of the molecule is CCCN(CCN(C)C)C(=O)c1cc(C)nc(Cl)c1. The smallest absolute Gasteiger partial charge is 0.254 e. The van der Waals surface area contributed by atoms with Crippen LogP contribution in [-0.4, -0.2) is 54.4 Å². The third-order valence-electron chi connectivity index (χ3n) is 2.77. The molecule has 0 saturated carbocycles. The Kier molecular flexibility index (Phi) is 6.25. The molecule has 106 valence electrons. The summed E-state index contributed by atoms with van der Waals surface area (Å²) in [4.78, 5) is 20.5. The number of pyridine rings is 1. The van der Waals surface area contributed by atoms with Crippen LogP contribution >= 0.6 is 11.6 Å². The Bertz CT molecular complexity index is 414. The van der Waals surface area contributed by atoms with Crippen LogP contribution in [0.1, 0.15) is 29.4 Å². The van der Waals surface area contributed by atoms with Gasteiger partial charge in [0.2, 0.25) is 0 Å². The molecule has 4 nitrogen and oxygen atoms in total. The Morgan fingerprint density at radius 1 is 1.26 bits per heavy atom. The van der Waals surface area contributed by atoms with E-state index in [9.17, 15) is 4.79 Å². The first-order chi connectivity index (χ1) is 8.93. The van der Waals surface area contributed by atoms with Gasteiger partial charge in [0.25, 0.3) is 5.91 Å². The summed E-state index contributed by atoms with van der Waals surface area (Å²) in [5.41, 5.74) is 1.38. The van der Waals surface area contributed by atoms with Gasteiger partial charge < -0.3 is 9.80 Å². The summed E-state index contributed by atoms with van der Waals surface area (Å²) in [7, 11) is 4.00. The third-order valence-corrected chi connectivity index (χ3v) is 2.96. The van der Waals surface area contributed by atoms with E-state index < -0.39 is 0 Å². The Morgan fingerprint density at radius 3 is 2.47 bits per heavy atom. The number of aromatic nitrogens is 1. The lowest BCUT2D eigenvalue weighted by Gasteiger charge is -2.24. The molecule has 0 atom stereocenters. The Morgan fingerprint density at radius 2 is 1.95 bits per heavy atom. The van der Waals surface area contributed by atoms with Crippen molar-refractivity contribution >= 4 is 17.5 Å². The molecule has 1 aromatic heterocycles. The Balaban J connectivity index is 2.85. The van der Waals surface area contributed by atoms with E-state index in [0.717, 1.165) is 31.7 Å². The molecule has 1 rings (SSSR count). The molecule has 0 aliphatic carbocycles. The van der Waals surface area contributed by atoms with E-state index in [0.29, 0.717) is 10.7 Å². The molecule has 0 radical (unpaired) electrons. The summed E-state index contributed by atoms with van der Waals surface area (Å²) in [6.45, 7) is 6.24. The maximum atomic E-state index is 12.5. The Hall–Kier alpha value is -1.13. The molecule has 0 aromatic carbocycles. The molecular weight excluding hydrogens is 262 g/mol. The van der Waals surface area contributed by atoms with E-state index in [4.69, 9.17) is 11.6 Å². The number of carbonyl (C=O) groups is 1. The highest BCUT2D eigenvalue weighted by Crippen LogP contribution is 2.13. The quantitative estimate of drug-likeness (QED) is 0.753. The van der Waals surface area contributed by atoms with Crippen LogP contribution in [0.3, 0.4) is 0 Å². The maximum Gasteiger partial charge on any atom is 0.254 e. The van der Waals surface area contributed by atoms with Gasteiger partial charge >= 0.3 is 0 Å². The molecule has 0 N–H and O–H groups in total. The lowest BCUT2D eigenvalue weighted by Crippen LogP contribution is -2.37. The van der Waals surface area contributed by atoms with Crippen LogP contribution in [0.15, 0.2) is 12.1 Å². The number of amides is 1. The van der Waals surface area contributed by atoms with Crippen molar-refractivity contribution in [1.29, 1.82) is 0 Å². The van der Waals surface area contributed by atoms with Crippen molar-refractivity contribution in [3.05, 3.63) is 28.5 Å². The zero-order chi connectivity index (χ0) is 14.4. The number of halogens is 1. The molecule has 19 heavy (non-hydrogen) atoms. The van der Waals surface area contributed by atoms with E-state index in [2.05, 4.69) is 16.8 Å². The molecule has 0 unspecified atom stereocenters. The molecule has 5 heteroatoms. The van der Waals surface area contributed by atoms with Gasteiger partial charge in [0.05, 0.1) is 0 Å². The topological polar surface area (TPSA) is 36.4 Å². The first-order valence-electron chi connectivity index (χ1n) is 6.52. The fourth-order valence-corrected chi connectivity index (χ4v) is 2.09. The van der Waals surface area contributed by atoms with Crippen molar-refractivity contribution < 1.29 is 4.79 Å². The van der Waals surface area contributed by atoms with Crippen molar-refractivity contribution in [1.82, 2.24) is 14.8 Å². The standard InChI is InChI=1S/C14H22ClN3O/c1-5-6-18(8-7-17(3)4)14(19)12-9-11(2)16-13(15)10-12/h9-10H,5-8H2,1-4H3. The number of hydrogen-bond donors (Lipinski definition) is 0. The van der Waals surface area contributed by atoms with Gasteiger partial charge in [0.15, 0.2) is 0 Å². The molecule has 0 bridgehead atoms. The molecule has 0 fully saturated rings. The monoisotopic (exact) mass is 283 g/mol. The minimum Gasteiger partial charge on any atom is -0.337 e. The molecule has 0 spiro atoms. The highest BCUT2D eigenvalue weighted by molar-refractivity contribution is 6.29. The van der Waals surface area contributed by atoms with Gasteiger partial charge in [0, 0.05) is 30.9 Å². The zero-order valence-electron chi connectivity index (χ0n) is 12.1. The van der Waals surface area contributed by atoms with Gasteiger partial charge in [-0.1, -0.05) is 18.5 Å². The predicted octanol–water partition coefficient (Wildman–Crippen LogP) is 2.46. The lowest BCUT2D eigenvalue weighted by atomic mass is 10.2. The molecule has 1 aromatic rings. The van der Waals surface area contributed by atoms with Crippen molar-refractivity contribution in [2.75, 3.05) is 33.7 Å². The predicted molar refractivity (Wildman–Crippen MR) is 78.7 cm³/mol. The average molecular weight is 284 g/mol. The van der Waals surface area contributed by atoms with Crippen molar-refractivity contribution in [2.24, 2.45) is 0 Å². The molecule has 1 heterocycles. The van der Waals surface area contributed by atoms with Crippen molar-refractivity contribution in [2.45, 2.75) is 20.3 Å². The van der Waals surface area contributed by atoms with E-state index in [1.807, 2.05) is 25.9 Å². The van der Waals surface area contributed by atoms with Crippen LogP contribution in [0, 0.1) is 6.92 Å². The second-order valence-corrected chi connectivity index (χ2v) is 5.30. The molecule has 0 aliphatic heterocycles. The molecular formula is C14H22ClN3O. The molecule has 0 saturated heterocycles. The average Bonchev–Trinajstić information content (AvgIpc) is 2.32. The van der Waals surface area contributed by atoms with Crippen molar-refractivity contribution in [3.8, 4) is 0 Å². The van der Waals surface area contributed by atoms with Crippen LogP contribution < -0.4 is 0 Å². The second kappa shape index (κ2) is 7.46. The molecule has 0 aliphatic rings. The van der Waals surface area contributed by atoms with Crippen LogP contribution in [0.2, 0.25) is 5.15 Å². The fourth-order valence-electron chi connectivity index (χ4n) is 1.84. The normalized spacial score (nSPS) is 10.8. The summed E-state index contributed by atoms with van der Waals surface area (Å²) < 4.78 is 0. The highest BCUT2D eigenvalue weighted by Gasteiger charge is 2.16. The third kappa shape index (κ3) is 5.17. The lowest BCUT2D eigenvalue weighted by molar-refractivity contribution is 0.0744. The largest absolute Gasteiger partial charge is 0.337 e.